The van der Waals surface area contributed by atoms with Gasteiger partial charge in [-0.1, -0.05) is 43.0 Å². The van der Waals surface area contributed by atoms with E-state index in [0.29, 0.717) is 11.6 Å². The lowest BCUT2D eigenvalue weighted by atomic mass is 10.2. The Morgan fingerprint density at radius 1 is 1.36 bits per heavy atom. The van der Waals surface area contributed by atoms with Crippen molar-refractivity contribution in [3.8, 4) is 0 Å². The molecule has 1 aromatic rings. The second kappa shape index (κ2) is 5.42. The van der Waals surface area contributed by atoms with Gasteiger partial charge in [-0.25, -0.2) is 0 Å². The topological polar surface area (TPSA) is 22.0 Å². The zero-order valence-corrected chi connectivity index (χ0v) is 9.61. The van der Waals surface area contributed by atoms with Crippen LogP contribution in [0, 0.1) is 0 Å². The molecule has 4 heteroatoms. The molecule has 78 valence electrons. The van der Waals surface area contributed by atoms with Crippen molar-refractivity contribution in [3.05, 3.63) is 32.7 Å². The smallest absolute Gasteiger partial charge is 0.269 e. The molecule has 0 N–H and O–H groups in total. The van der Waals surface area contributed by atoms with E-state index in [1.54, 1.807) is 10.8 Å². The molecule has 0 aliphatic rings. The van der Waals surface area contributed by atoms with Gasteiger partial charge in [0, 0.05) is 12.7 Å². The van der Waals surface area contributed by atoms with Crippen LogP contribution in [0.1, 0.15) is 26.2 Å². The summed E-state index contributed by atoms with van der Waals surface area (Å²) in [4.78, 5) is 11.5. The second-order valence-electron chi connectivity index (χ2n) is 3.21. The second-order valence-corrected chi connectivity index (χ2v) is 4.06. The molecular formula is C10H13Cl2NO. The first-order valence-corrected chi connectivity index (χ1v) is 5.46. The number of nitrogens with zero attached hydrogens (tertiary/aromatic N) is 1. The summed E-state index contributed by atoms with van der Waals surface area (Å²) in [6, 6.07) is 1.47. The maximum Gasteiger partial charge on any atom is 0.269 e. The Bertz CT molecular complexity index is 360. The molecule has 2 nitrogen and oxygen atoms in total. The van der Waals surface area contributed by atoms with Crippen LogP contribution in [0.4, 0.5) is 0 Å². The van der Waals surface area contributed by atoms with Crippen molar-refractivity contribution in [3.63, 3.8) is 0 Å². The van der Waals surface area contributed by atoms with E-state index in [-0.39, 0.29) is 10.6 Å². The van der Waals surface area contributed by atoms with Crippen LogP contribution < -0.4 is 5.56 Å². The molecule has 0 fully saturated rings. The van der Waals surface area contributed by atoms with Crippen LogP contribution in [0.15, 0.2) is 17.1 Å². The maximum absolute atomic E-state index is 11.5. The highest BCUT2D eigenvalue weighted by Gasteiger charge is 2.02. The highest BCUT2D eigenvalue weighted by Crippen LogP contribution is 2.11. The van der Waals surface area contributed by atoms with Crippen molar-refractivity contribution in [2.45, 2.75) is 32.7 Å². The number of unbranched alkanes of at least 4 members (excludes halogenated alkanes) is 2. The summed E-state index contributed by atoms with van der Waals surface area (Å²) >= 11 is 11.5. The molecular weight excluding hydrogens is 221 g/mol. The zero-order chi connectivity index (χ0) is 10.6. The van der Waals surface area contributed by atoms with Gasteiger partial charge in [-0.3, -0.25) is 4.79 Å². The third-order valence-electron chi connectivity index (χ3n) is 2.01. The van der Waals surface area contributed by atoms with Crippen LogP contribution in [0.25, 0.3) is 0 Å². The van der Waals surface area contributed by atoms with Gasteiger partial charge in [0.05, 0.1) is 5.02 Å². The SMILES string of the molecule is CCCCCn1cc(Cl)cc(Cl)c1=O. The lowest BCUT2D eigenvalue weighted by molar-refractivity contribution is 0.588. The number of pyridine rings is 1. The molecule has 0 aliphatic carbocycles. The fourth-order valence-electron chi connectivity index (χ4n) is 1.26. The van der Waals surface area contributed by atoms with Gasteiger partial charge in [0.25, 0.3) is 5.56 Å². The van der Waals surface area contributed by atoms with Gasteiger partial charge in [0.1, 0.15) is 5.02 Å². The molecule has 0 atom stereocenters. The van der Waals surface area contributed by atoms with E-state index in [0.717, 1.165) is 19.3 Å². The van der Waals surface area contributed by atoms with Crippen LogP contribution in [0.3, 0.4) is 0 Å². The molecule has 14 heavy (non-hydrogen) atoms. The Hall–Kier alpha value is -0.470. The molecule has 1 aromatic heterocycles. The van der Waals surface area contributed by atoms with E-state index in [4.69, 9.17) is 23.2 Å². The van der Waals surface area contributed by atoms with Gasteiger partial charge < -0.3 is 4.57 Å². The van der Waals surface area contributed by atoms with Crippen molar-refractivity contribution in [1.82, 2.24) is 4.57 Å². The third kappa shape index (κ3) is 3.03. The van der Waals surface area contributed by atoms with Crippen molar-refractivity contribution in [1.29, 1.82) is 0 Å². The number of aryl methyl sites for hydroxylation is 1. The molecule has 0 radical (unpaired) electrons. The molecule has 0 aliphatic heterocycles. The average molecular weight is 234 g/mol. The molecule has 0 amide bonds. The van der Waals surface area contributed by atoms with Gasteiger partial charge >= 0.3 is 0 Å². The van der Waals surface area contributed by atoms with E-state index in [1.165, 1.54) is 6.07 Å². The first-order valence-electron chi connectivity index (χ1n) is 4.70. The largest absolute Gasteiger partial charge is 0.313 e. The number of halogens is 2. The molecule has 0 saturated heterocycles. The van der Waals surface area contributed by atoms with Crippen LogP contribution in [-0.2, 0) is 6.54 Å². The van der Waals surface area contributed by atoms with Crippen molar-refractivity contribution in [2.24, 2.45) is 0 Å². The minimum Gasteiger partial charge on any atom is -0.313 e. The predicted molar refractivity (Wildman–Crippen MR) is 60.2 cm³/mol. The van der Waals surface area contributed by atoms with Gasteiger partial charge in [-0.2, -0.15) is 0 Å². The Morgan fingerprint density at radius 2 is 2.07 bits per heavy atom. The van der Waals surface area contributed by atoms with E-state index in [2.05, 4.69) is 6.92 Å². The standard InChI is InChI=1S/C10H13Cl2NO/c1-2-3-4-5-13-7-8(11)6-9(12)10(13)14/h6-7H,2-5H2,1H3. The van der Waals surface area contributed by atoms with Crippen LogP contribution >= 0.6 is 23.2 Å². The van der Waals surface area contributed by atoms with Gasteiger partial charge in [-0.15, -0.1) is 0 Å². The lowest BCUT2D eigenvalue weighted by Gasteiger charge is -2.05. The molecule has 0 aromatic carbocycles. The van der Waals surface area contributed by atoms with Crippen LogP contribution in [0.5, 0.6) is 0 Å². The minimum atomic E-state index is -0.160. The molecule has 1 heterocycles. The Balaban J connectivity index is 2.81. The summed E-state index contributed by atoms with van der Waals surface area (Å²) in [5.41, 5.74) is -0.160. The number of rotatable bonds is 4. The molecule has 0 unspecified atom stereocenters. The summed E-state index contributed by atoms with van der Waals surface area (Å²) < 4.78 is 1.57. The van der Waals surface area contributed by atoms with Crippen molar-refractivity contribution in [2.75, 3.05) is 0 Å². The Labute approximate surface area is 93.5 Å². The monoisotopic (exact) mass is 233 g/mol. The van der Waals surface area contributed by atoms with Crippen LogP contribution in [0.2, 0.25) is 10.0 Å². The van der Waals surface area contributed by atoms with Crippen molar-refractivity contribution < 1.29 is 0 Å². The summed E-state index contributed by atoms with van der Waals surface area (Å²) in [7, 11) is 0. The maximum atomic E-state index is 11.5. The summed E-state index contributed by atoms with van der Waals surface area (Å²) in [5, 5.41) is 0.695. The van der Waals surface area contributed by atoms with E-state index in [1.807, 2.05) is 0 Å². The highest BCUT2D eigenvalue weighted by molar-refractivity contribution is 6.34. The predicted octanol–water partition coefficient (Wildman–Crippen LogP) is 3.35. The van der Waals surface area contributed by atoms with E-state index < -0.39 is 0 Å². The Kier molecular flexibility index (Phi) is 4.49. The van der Waals surface area contributed by atoms with Gasteiger partial charge in [0.2, 0.25) is 0 Å². The summed E-state index contributed by atoms with van der Waals surface area (Å²) in [6.45, 7) is 2.81. The summed E-state index contributed by atoms with van der Waals surface area (Å²) in [5.74, 6) is 0. The van der Waals surface area contributed by atoms with E-state index in [9.17, 15) is 4.79 Å². The molecule has 0 saturated carbocycles. The van der Waals surface area contributed by atoms with E-state index >= 15 is 0 Å². The fourth-order valence-corrected chi connectivity index (χ4v) is 1.77. The van der Waals surface area contributed by atoms with Crippen LogP contribution in [-0.4, -0.2) is 4.57 Å². The number of aromatic nitrogens is 1. The fraction of sp³-hybridized carbons (Fsp3) is 0.500. The molecule has 1 rings (SSSR count). The van der Waals surface area contributed by atoms with Gasteiger partial charge in [-0.05, 0) is 12.5 Å². The third-order valence-corrected chi connectivity index (χ3v) is 2.49. The van der Waals surface area contributed by atoms with Gasteiger partial charge in [0.15, 0.2) is 0 Å². The number of hydrogen-bond acceptors (Lipinski definition) is 1. The normalized spacial score (nSPS) is 10.5. The van der Waals surface area contributed by atoms with Crippen molar-refractivity contribution >= 4 is 23.2 Å². The average Bonchev–Trinajstić information content (AvgIpc) is 2.13. The quantitative estimate of drug-likeness (QED) is 0.732. The minimum absolute atomic E-state index is 0.160. The Morgan fingerprint density at radius 3 is 2.71 bits per heavy atom. The lowest BCUT2D eigenvalue weighted by Crippen LogP contribution is -2.19. The molecule has 0 bridgehead atoms. The highest BCUT2D eigenvalue weighted by atomic mass is 35.5. The summed E-state index contributed by atoms with van der Waals surface area (Å²) in [6.07, 6.45) is 4.85. The first-order chi connectivity index (χ1) is 6.65. The number of hydrogen-bond donors (Lipinski definition) is 0. The molecule has 0 spiro atoms. The first kappa shape index (κ1) is 11.6. The zero-order valence-electron chi connectivity index (χ0n) is 8.09.